The summed E-state index contributed by atoms with van der Waals surface area (Å²) in [5, 5.41) is 0. The summed E-state index contributed by atoms with van der Waals surface area (Å²) in [4.78, 5) is 2.61. The molecular formula is C24H47N. The van der Waals surface area contributed by atoms with Crippen LogP contribution in [-0.2, 0) is 0 Å². The second-order valence-electron chi connectivity index (χ2n) is 8.22. The van der Waals surface area contributed by atoms with E-state index in [1.807, 2.05) is 0 Å². The third-order valence-electron chi connectivity index (χ3n) is 5.68. The summed E-state index contributed by atoms with van der Waals surface area (Å²) < 4.78 is 0. The van der Waals surface area contributed by atoms with E-state index in [-0.39, 0.29) is 0 Å². The Balaban J connectivity index is 2.04. The first-order chi connectivity index (χ1) is 12.4. The first-order valence-electron chi connectivity index (χ1n) is 11.8. The highest BCUT2D eigenvalue weighted by Gasteiger charge is 2.01. The molecule has 0 aliphatic carbocycles. The average Bonchev–Trinajstić information content (AvgIpc) is 2.65. The van der Waals surface area contributed by atoms with Crippen molar-refractivity contribution in [2.45, 2.75) is 129 Å². The van der Waals surface area contributed by atoms with Crippen molar-refractivity contribution in [3.05, 3.63) is 12.3 Å². The van der Waals surface area contributed by atoms with E-state index in [9.17, 15) is 0 Å². The van der Waals surface area contributed by atoms with Gasteiger partial charge in [0.05, 0.1) is 0 Å². The molecule has 0 aromatic rings. The number of nitrogens with zero attached hydrogens (tertiary/aromatic N) is 1. The lowest BCUT2D eigenvalue weighted by molar-refractivity contribution is 0.348. The Kier molecular flexibility index (Phi) is 16.6. The summed E-state index contributed by atoms with van der Waals surface area (Å²) in [6, 6.07) is 0. The number of hydrogen-bond donors (Lipinski definition) is 0. The number of allylic oxidation sites excluding steroid dienone is 1. The lowest BCUT2D eigenvalue weighted by Crippen LogP contribution is -2.20. The molecule has 0 N–H and O–H groups in total. The minimum absolute atomic E-state index is 1.28. The van der Waals surface area contributed by atoms with Gasteiger partial charge in [-0.05, 0) is 31.9 Å². The second-order valence-corrected chi connectivity index (χ2v) is 8.22. The van der Waals surface area contributed by atoms with Gasteiger partial charge < -0.3 is 4.90 Å². The lowest BCUT2D eigenvalue weighted by atomic mass is 10.1. The van der Waals surface area contributed by atoms with E-state index in [0.29, 0.717) is 0 Å². The molecule has 25 heavy (non-hydrogen) atoms. The molecule has 0 spiro atoms. The summed E-state index contributed by atoms with van der Waals surface area (Å²) in [5.74, 6) is 0. The summed E-state index contributed by atoms with van der Waals surface area (Å²) in [6.07, 6.45) is 32.0. The molecule has 1 nitrogen and oxygen atoms in total. The minimum atomic E-state index is 1.28. The molecule has 0 aromatic heterocycles. The van der Waals surface area contributed by atoms with E-state index in [2.05, 4.69) is 24.1 Å². The molecule has 0 aromatic carbocycles. The highest BCUT2D eigenvalue weighted by Crippen LogP contribution is 2.14. The van der Waals surface area contributed by atoms with Crippen molar-refractivity contribution in [2.24, 2.45) is 0 Å². The predicted octanol–water partition coefficient (Wildman–Crippen LogP) is 8.25. The Morgan fingerprint density at radius 2 is 1.12 bits per heavy atom. The highest BCUT2D eigenvalue weighted by molar-refractivity contribution is 4.82. The molecule has 0 radical (unpaired) electrons. The van der Waals surface area contributed by atoms with Crippen molar-refractivity contribution in [2.75, 3.05) is 13.1 Å². The van der Waals surface area contributed by atoms with Crippen molar-refractivity contribution in [3.63, 3.8) is 0 Å². The monoisotopic (exact) mass is 349 g/mol. The van der Waals surface area contributed by atoms with Gasteiger partial charge in [-0.3, -0.25) is 0 Å². The summed E-state index contributed by atoms with van der Waals surface area (Å²) in [5.41, 5.74) is 0. The van der Waals surface area contributed by atoms with Gasteiger partial charge in [0, 0.05) is 13.1 Å². The largest absolute Gasteiger partial charge is 0.378 e. The molecule has 0 saturated carbocycles. The van der Waals surface area contributed by atoms with Gasteiger partial charge in [0.15, 0.2) is 0 Å². The Hall–Kier alpha value is -0.460. The van der Waals surface area contributed by atoms with Crippen LogP contribution in [0.15, 0.2) is 12.3 Å². The van der Waals surface area contributed by atoms with Crippen LogP contribution in [0, 0.1) is 0 Å². The fourth-order valence-electron chi connectivity index (χ4n) is 3.92. The standard InChI is InChI=1S/C24H47N/c1-2-3-4-5-6-7-10-13-16-19-22-25-23-20-17-14-11-8-9-12-15-18-21-24-25/h20,23H,2-19,21-22,24H2,1H3/b23-20+. The molecule has 0 unspecified atom stereocenters. The van der Waals surface area contributed by atoms with Gasteiger partial charge in [-0.1, -0.05) is 109 Å². The molecule has 0 amide bonds. The molecule has 0 fully saturated rings. The van der Waals surface area contributed by atoms with Crippen LogP contribution in [-0.4, -0.2) is 18.0 Å². The van der Waals surface area contributed by atoms with E-state index in [0.717, 1.165) is 0 Å². The van der Waals surface area contributed by atoms with Crippen molar-refractivity contribution in [1.29, 1.82) is 0 Å². The van der Waals surface area contributed by atoms with Gasteiger partial charge in [-0.2, -0.15) is 0 Å². The van der Waals surface area contributed by atoms with Gasteiger partial charge in [0.1, 0.15) is 0 Å². The van der Waals surface area contributed by atoms with Crippen molar-refractivity contribution in [1.82, 2.24) is 4.90 Å². The van der Waals surface area contributed by atoms with Gasteiger partial charge in [0.25, 0.3) is 0 Å². The van der Waals surface area contributed by atoms with Crippen LogP contribution >= 0.6 is 0 Å². The van der Waals surface area contributed by atoms with Crippen LogP contribution in [0.3, 0.4) is 0 Å². The van der Waals surface area contributed by atoms with E-state index in [4.69, 9.17) is 0 Å². The van der Waals surface area contributed by atoms with Crippen molar-refractivity contribution < 1.29 is 0 Å². The average molecular weight is 350 g/mol. The fourth-order valence-corrected chi connectivity index (χ4v) is 3.92. The second kappa shape index (κ2) is 18.3. The zero-order chi connectivity index (χ0) is 17.8. The maximum atomic E-state index is 2.61. The molecule has 1 heteroatoms. The van der Waals surface area contributed by atoms with Gasteiger partial charge in [-0.25, -0.2) is 0 Å². The topological polar surface area (TPSA) is 3.24 Å². The third-order valence-corrected chi connectivity index (χ3v) is 5.68. The van der Waals surface area contributed by atoms with E-state index in [1.165, 1.54) is 135 Å². The quantitative estimate of drug-likeness (QED) is 0.339. The lowest BCUT2D eigenvalue weighted by Gasteiger charge is -2.20. The molecule has 0 atom stereocenters. The molecule has 1 aliphatic heterocycles. The van der Waals surface area contributed by atoms with Crippen LogP contribution in [0.4, 0.5) is 0 Å². The maximum Gasteiger partial charge on any atom is 0.0172 e. The van der Waals surface area contributed by atoms with Crippen LogP contribution in [0.2, 0.25) is 0 Å². The smallest absolute Gasteiger partial charge is 0.0172 e. The maximum absolute atomic E-state index is 2.61. The van der Waals surface area contributed by atoms with Gasteiger partial charge in [0.2, 0.25) is 0 Å². The van der Waals surface area contributed by atoms with E-state index < -0.39 is 0 Å². The molecule has 1 aliphatic rings. The summed E-state index contributed by atoms with van der Waals surface area (Å²) in [7, 11) is 0. The molecule has 1 rings (SSSR count). The normalized spacial score (nSPS) is 19.0. The Morgan fingerprint density at radius 1 is 0.600 bits per heavy atom. The number of rotatable bonds is 11. The Labute approximate surface area is 159 Å². The fraction of sp³-hybridized carbons (Fsp3) is 0.917. The minimum Gasteiger partial charge on any atom is -0.378 e. The highest BCUT2D eigenvalue weighted by atomic mass is 15.1. The van der Waals surface area contributed by atoms with Crippen molar-refractivity contribution in [3.8, 4) is 0 Å². The SMILES string of the molecule is CCCCCCCCCCCCN1/C=C/CCCCCCCCCC1. The predicted molar refractivity (Wildman–Crippen MR) is 114 cm³/mol. The molecule has 0 saturated heterocycles. The van der Waals surface area contributed by atoms with Crippen LogP contribution < -0.4 is 0 Å². The molecule has 1 heterocycles. The van der Waals surface area contributed by atoms with Gasteiger partial charge in [-0.15, -0.1) is 0 Å². The number of hydrogen-bond acceptors (Lipinski definition) is 1. The van der Waals surface area contributed by atoms with E-state index >= 15 is 0 Å². The molecular weight excluding hydrogens is 302 g/mol. The first-order valence-corrected chi connectivity index (χ1v) is 11.8. The van der Waals surface area contributed by atoms with Crippen molar-refractivity contribution >= 4 is 0 Å². The van der Waals surface area contributed by atoms with Crippen LogP contribution in [0.1, 0.15) is 129 Å². The first kappa shape index (κ1) is 22.6. The Bertz CT molecular complexity index is 284. The molecule has 148 valence electrons. The third kappa shape index (κ3) is 15.5. The Morgan fingerprint density at radius 3 is 1.76 bits per heavy atom. The zero-order valence-corrected chi connectivity index (χ0v) is 17.5. The van der Waals surface area contributed by atoms with Crippen LogP contribution in [0.25, 0.3) is 0 Å². The van der Waals surface area contributed by atoms with E-state index in [1.54, 1.807) is 0 Å². The van der Waals surface area contributed by atoms with Crippen LogP contribution in [0.5, 0.6) is 0 Å². The summed E-state index contributed by atoms with van der Waals surface area (Å²) in [6.45, 7) is 4.87. The number of unbranched alkanes of at least 4 members (excludes halogenated alkanes) is 9. The van der Waals surface area contributed by atoms with Gasteiger partial charge >= 0.3 is 0 Å². The molecule has 0 bridgehead atoms. The summed E-state index contributed by atoms with van der Waals surface area (Å²) >= 11 is 0. The zero-order valence-electron chi connectivity index (χ0n) is 17.5.